The largest absolute Gasteiger partial charge is 0.480 e. The van der Waals surface area contributed by atoms with Crippen LogP contribution in [0, 0.1) is 24.7 Å². The maximum Gasteiger partial charge on any atom is 0.320 e. The van der Waals surface area contributed by atoms with E-state index in [0.717, 1.165) is 62.9 Å². The third kappa shape index (κ3) is 6.97. The number of carboxylic acid groups (broad SMARTS) is 1. The van der Waals surface area contributed by atoms with Crippen LogP contribution in [0.2, 0.25) is 0 Å². The van der Waals surface area contributed by atoms with Crippen LogP contribution in [0.3, 0.4) is 0 Å². The van der Waals surface area contributed by atoms with E-state index in [0.29, 0.717) is 17.8 Å². The molecule has 0 bridgehead atoms. The Bertz CT molecular complexity index is 986. The van der Waals surface area contributed by atoms with Crippen molar-refractivity contribution in [3.05, 3.63) is 59.4 Å². The first kappa shape index (κ1) is 26.3. The van der Waals surface area contributed by atoms with Gasteiger partial charge in [0.25, 0.3) is 0 Å². The van der Waals surface area contributed by atoms with Crippen LogP contribution in [0.25, 0.3) is 0 Å². The third-order valence-electron chi connectivity index (χ3n) is 9.30. The number of piperidine rings is 1. The third-order valence-corrected chi connectivity index (χ3v) is 9.30. The number of aliphatic carboxylic acids is 1. The molecule has 0 spiro atoms. The van der Waals surface area contributed by atoms with E-state index in [1.54, 1.807) is 0 Å². The van der Waals surface area contributed by atoms with Crippen LogP contribution >= 0.6 is 0 Å². The van der Waals surface area contributed by atoms with Gasteiger partial charge in [-0.2, -0.15) is 10.2 Å². The summed E-state index contributed by atoms with van der Waals surface area (Å²) in [6.45, 7) is 7.17. The molecule has 3 heterocycles. The summed E-state index contributed by atoms with van der Waals surface area (Å²) in [5.74, 6) is 1.68. The predicted octanol–water partition coefficient (Wildman–Crippen LogP) is 5.18. The Morgan fingerprint density at radius 2 is 1.78 bits per heavy atom. The second-order valence-electron chi connectivity index (χ2n) is 11.9. The van der Waals surface area contributed by atoms with Gasteiger partial charge >= 0.3 is 5.97 Å². The van der Waals surface area contributed by atoms with E-state index in [2.05, 4.69) is 62.5 Å². The van der Waals surface area contributed by atoms with E-state index in [9.17, 15) is 9.90 Å². The number of aromatic nitrogens is 2. The van der Waals surface area contributed by atoms with Gasteiger partial charge in [-0.05, 0) is 94.0 Å². The van der Waals surface area contributed by atoms with Crippen LogP contribution < -0.4 is 0 Å². The van der Waals surface area contributed by atoms with Gasteiger partial charge in [-0.15, -0.1) is 0 Å². The molecule has 0 amide bonds. The molecule has 6 heteroatoms. The maximum atomic E-state index is 12.3. The Kier molecular flexibility index (Phi) is 8.88. The van der Waals surface area contributed by atoms with E-state index in [4.69, 9.17) is 0 Å². The molecule has 3 unspecified atom stereocenters. The number of rotatable bonds is 11. The van der Waals surface area contributed by atoms with Gasteiger partial charge < -0.3 is 10.0 Å². The van der Waals surface area contributed by atoms with Gasteiger partial charge in [0, 0.05) is 25.6 Å². The highest BCUT2D eigenvalue weighted by Crippen LogP contribution is 2.38. The Morgan fingerprint density at radius 1 is 1.00 bits per heavy atom. The predicted molar refractivity (Wildman–Crippen MR) is 146 cm³/mol. The van der Waals surface area contributed by atoms with E-state index in [-0.39, 0.29) is 6.04 Å². The van der Waals surface area contributed by atoms with Crippen LogP contribution in [-0.2, 0) is 11.2 Å². The monoisotopic (exact) mass is 504 g/mol. The zero-order valence-corrected chi connectivity index (χ0v) is 22.5. The van der Waals surface area contributed by atoms with Crippen molar-refractivity contribution < 1.29 is 9.90 Å². The molecule has 5 rings (SSSR count). The minimum absolute atomic E-state index is 0.328. The highest BCUT2D eigenvalue weighted by atomic mass is 16.4. The first-order valence-electron chi connectivity index (χ1n) is 14.6. The maximum absolute atomic E-state index is 12.3. The van der Waals surface area contributed by atoms with Gasteiger partial charge in [0.2, 0.25) is 0 Å². The topological polar surface area (TPSA) is 69.6 Å². The Balaban J connectivity index is 1.14. The average Bonchev–Trinajstić information content (AvgIpc) is 3.29. The molecule has 1 aromatic heterocycles. The van der Waals surface area contributed by atoms with Gasteiger partial charge in [-0.25, -0.2) is 0 Å². The first-order valence-corrected chi connectivity index (χ1v) is 14.6. The van der Waals surface area contributed by atoms with E-state index >= 15 is 0 Å². The lowest BCUT2D eigenvalue weighted by Gasteiger charge is -2.35. The minimum atomic E-state index is -0.628. The number of likely N-dealkylation sites (tertiary alicyclic amines) is 2. The summed E-state index contributed by atoms with van der Waals surface area (Å²) in [6.07, 6.45) is 10.5. The molecule has 200 valence electrons. The van der Waals surface area contributed by atoms with Crippen LogP contribution in [0.1, 0.15) is 74.2 Å². The number of carboxylic acids is 1. The van der Waals surface area contributed by atoms with Crippen molar-refractivity contribution in [2.24, 2.45) is 17.8 Å². The van der Waals surface area contributed by atoms with Gasteiger partial charge in [0.1, 0.15) is 6.04 Å². The number of hydrogen-bond acceptors (Lipinski definition) is 5. The Hall–Kier alpha value is -2.31. The highest BCUT2D eigenvalue weighted by Gasteiger charge is 2.41. The smallest absolute Gasteiger partial charge is 0.320 e. The van der Waals surface area contributed by atoms with E-state index < -0.39 is 5.97 Å². The lowest BCUT2D eigenvalue weighted by atomic mass is 9.80. The lowest BCUT2D eigenvalue weighted by molar-refractivity contribution is -0.144. The zero-order chi connectivity index (χ0) is 25.6. The van der Waals surface area contributed by atoms with Crippen LogP contribution in [0.5, 0.6) is 0 Å². The first-order chi connectivity index (χ1) is 18.0. The molecule has 3 fully saturated rings. The summed E-state index contributed by atoms with van der Waals surface area (Å²) in [5.41, 5.74) is 3.46. The zero-order valence-electron chi connectivity index (χ0n) is 22.5. The van der Waals surface area contributed by atoms with Gasteiger partial charge in [-0.1, -0.05) is 49.6 Å². The number of benzene rings is 1. The van der Waals surface area contributed by atoms with Crippen LogP contribution in [0.4, 0.5) is 0 Å². The van der Waals surface area contributed by atoms with Crippen molar-refractivity contribution in [1.82, 2.24) is 20.0 Å². The molecule has 0 radical (unpaired) electrons. The van der Waals surface area contributed by atoms with Crippen molar-refractivity contribution in [3.8, 4) is 0 Å². The highest BCUT2D eigenvalue weighted by molar-refractivity contribution is 5.73. The molecular weight excluding hydrogens is 460 g/mol. The fraction of sp³-hybridized carbons (Fsp3) is 0.645. The molecule has 3 aliphatic rings. The molecule has 1 N–H and O–H groups in total. The van der Waals surface area contributed by atoms with Crippen molar-refractivity contribution in [2.75, 3.05) is 32.7 Å². The Morgan fingerprint density at radius 3 is 2.43 bits per heavy atom. The van der Waals surface area contributed by atoms with Crippen molar-refractivity contribution in [3.63, 3.8) is 0 Å². The van der Waals surface area contributed by atoms with Crippen LogP contribution in [-0.4, -0.2) is 69.8 Å². The molecule has 1 aliphatic carbocycles. The normalized spacial score (nSPS) is 24.7. The summed E-state index contributed by atoms with van der Waals surface area (Å²) in [4.78, 5) is 17.2. The van der Waals surface area contributed by atoms with Gasteiger partial charge in [0.15, 0.2) is 0 Å². The van der Waals surface area contributed by atoms with Gasteiger partial charge in [0.05, 0.1) is 11.4 Å². The number of hydrogen-bond donors (Lipinski definition) is 1. The quantitative estimate of drug-likeness (QED) is 0.455. The van der Waals surface area contributed by atoms with Crippen molar-refractivity contribution in [1.29, 1.82) is 0 Å². The number of carbonyl (C=O) groups is 1. The summed E-state index contributed by atoms with van der Waals surface area (Å²) >= 11 is 0. The second kappa shape index (κ2) is 12.5. The summed E-state index contributed by atoms with van der Waals surface area (Å²) in [5, 5.41) is 18.6. The molecule has 3 atom stereocenters. The minimum Gasteiger partial charge on any atom is -0.480 e. The van der Waals surface area contributed by atoms with E-state index in [1.807, 2.05) is 6.92 Å². The Labute approximate surface area is 222 Å². The summed E-state index contributed by atoms with van der Waals surface area (Å²) in [7, 11) is 0. The molecule has 1 aromatic carbocycles. The molecule has 6 nitrogen and oxygen atoms in total. The summed E-state index contributed by atoms with van der Waals surface area (Å²) < 4.78 is 0. The molecule has 1 saturated carbocycles. The standard InChI is InChI=1S/C31H44N4O2/c1-23-13-14-28(33-32-23)12-6-7-24-15-17-34(18-16-24)20-27-21-35(22-29(27)26-10-3-2-4-11-26)30(31(36)37)19-25-8-5-9-25/h2-4,10-11,13-14,24-25,27,29-30H,5-9,12,15-22H2,1H3,(H,36,37). The molecule has 2 saturated heterocycles. The molecule has 2 aromatic rings. The molecular formula is C31H44N4O2. The molecule has 37 heavy (non-hydrogen) atoms. The van der Waals surface area contributed by atoms with Crippen LogP contribution in [0.15, 0.2) is 42.5 Å². The SMILES string of the molecule is Cc1ccc(CCCC2CCN(CC3CN(C(CC4CCC4)C(=O)O)CC3c3ccccc3)CC2)nn1. The fourth-order valence-electron chi connectivity index (χ4n) is 6.79. The fourth-order valence-corrected chi connectivity index (χ4v) is 6.79. The van der Waals surface area contributed by atoms with E-state index in [1.165, 1.54) is 50.5 Å². The second-order valence-corrected chi connectivity index (χ2v) is 11.9. The summed E-state index contributed by atoms with van der Waals surface area (Å²) in [6, 6.07) is 14.7. The van der Waals surface area contributed by atoms with Gasteiger partial charge in [-0.3, -0.25) is 9.69 Å². The number of aryl methyl sites for hydroxylation is 2. The lowest BCUT2D eigenvalue weighted by Crippen LogP contribution is -2.43. The number of nitrogens with zero attached hydrogens (tertiary/aromatic N) is 4. The van der Waals surface area contributed by atoms with Crippen molar-refractivity contribution in [2.45, 2.75) is 76.7 Å². The van der Waals surface area contributed by atoms with Crippen molar-refractivity contribution >= 4 is 5.97 Å². The molecule has 2 aliphatic heterocycles. The average molecular weight is 505 g/mol.